The molecule has 0 saturated heterocycles. The highest BCUT2D eigenvalue weighted by atomic mass is 79.9. The number of hydrogen-bond acceptors (Lipinski definition) is 2. The highest BCUT2D eigenvalue weighted by molar-refractivity contribution is 9.11. The molecule has 4 heteroatoms. The van der Waals surface area contributed by atoms with E-state index in [-0.39, 0.29) is 0 Å². The maximum atomic E-state index is 6.19. The zero-order chi connectivity index (χ0) is 19.9. The average molecular weight is 496 g/mol. The van der Waals surface area contributed by atoms with Gasteiger partial charge in [-0.2, -0.15) is 0 Å². The number of nitrogens with two attached hydrogens (primary N) is 2. The molecule has 0 unspecified atom stereocenters. The van der Waals surface area contributed by atoms with Crippen molar-refractivity contribution in [3.05, 3.63) is 106 Å². The van der Waals surface area contributed by atoms with E-state index in [0.717, 1.165) is 37.0 Å². The molecule has 4 rings (SSSR count). The number of nitrogen functional groups attached to an aromatic ring is 2. The molecular formula is C24H20Br2N2. The average Bonchev–Trinajstić information content (AvgIpc) is 2.73. The second kappa shape index (κ2) is 9.58. The van der Waals surface area contributed by atoms with Crippen molar-refractivity contribution in [2.45, 2.75) is 0 Å². The first-order valence-electron chi connectivity index (χ1n) is 8.75. The van der Waals surface area contributed by atoms with Crippen LogP contribution in [-0.2, 0) is 0 Å². The van der Waals surface area contributed by atoms with E-state index in [4.69, 9.17) is 11.5 Å². The van der Waals surface area contributed by atoms with E-state index < -0.39 is 0 Å². The zero-order valence-electron chi connectivity index (χ0n) is 15.1. The van der Waals surface area contributed by atoms with Crippen LogP contribution in [0.3, 0.4) is 0 Å². The van der Waals surface area contributed by atoms with Crippen LogP contribution in [0.25, 0.3) is 22.3 Å². The summed E-state index contributed by atoms with van der Waals surface area (Å²) in [5, 5.41) is 0. The van der Waals surface area contributed by atoms with Gasteiger partial charge in [0.2, 0.25) is 0 Å². The first-order valence-corrected chi connectivity index (χ1v) is 10.3. The third-order valence-corrected chi connectivity index (χ3v) is 5.42. The zero-order valence-corrected chi connectivity index (χ0v) is 18.3. The molecule has 0 atom stereocenters. The lowest BCUT2D eigenvalue weighted by atomic mass is 9.98. The lowest BCUT2D eigenvalue weighted by Gasteiger charge is -2.09. The minimum atomic E-state index is 0.754. The fraction of sp³-hybridized carbons (Fsp3) is 0. The Morgan fingerprint density at radius 1 is 0.500 bits per heavy atom. The second-order valence-electron chi connectivity index (χ2n) is 6.20. The van der Waals surface area contributed by atoms with E-state index in [1.54, 1.807) is 0 Å². The first kappa shape index (κ1) is 20.2. The summed E-state index contributed by atoms with van der Waals surface area (Å²) in [7, 11) is 0. The van der Waals surface area contributed by atoms with Gasteiger partial charge < -0.3 is 11.5 Å². The van der Waals surface area contributed by atoms with Crippen molar-refractivity contribution in [2.24, 2.45) is 0 Å². The third-order valence-electron chi connectivity index (χ3n) is 4.20. The van der Waals surface area contributed by atoms with Crippen LogP contribution in [-0.4, -0.2) is 0 Å². The smallest absolute Gasteiger partial charge is 0.0469 e. The minimum absolute atomic E-state index is 0.754. The van der Waals surface area contributed by atoms with Gasteiger partial charge >= 0.3 is 0 Å². The molecule has 0 aromatic heterocycles. The van der Waals surface area contributed by atoms with Crippen LogP contribution < -0.4 is 11.5 Å². The monoisotopic (exact) mass is 494 g/mol. The van der Waals surface area contributed by atoms with Crippen molar-refractivity contribution in [2.75, 3.05) is 11.5 Å². The standard InChI is InChI=1S/C18H15N.C6H5Br2N/c19-18-13-16(14-7-3-1-4-8-14)11-12-17(18)15-9-5-2-6-10-15;7-4-1-2-5(8)6(9)3-4/h1-13H,19H2;1-3H,9H2. The first-order chi connectivity index (χ1) is 13.5. The van der Waals surface area contributed by atoms with E-state index in [9.17, 15) is 0 Å². The molecular weight excluding hydrogens is 476 g/mol. The Morgan fingerprint density at radius 3 is 1.64 bits per heavy atom. The Hall–Kier alpha value is -2.56. The van der Waals surface area contributed by atoms with Crippen LogP contribution in [0.15, 0.2) is 106 Å². The van der Waals surface area contributed by atoms with Crippen LogP contribution >= 0.6 is 31.9 Å². The molecule has 4 N–H and O–H groups in total. The van der Waals surface area contributed by atoms with Gasteiger partial charge in [0.1, 0.15) is 0 Å². The van der Waals surface area contributed by atoms with E-state index >= 15 is 0 Å². The van der Waals surface area contributed by atoms with Gasteiger partial charge in [0.05, 0.1) is 0 Å². The summed E-state index contributed by atoms with van der Waals surface area (Å²) in [5.74, 6) is 0. The van der Waals surface area contributed by atoms with Gasteiger partial charge in [-0.15, -0.1) is 0 Å². The quantitative estimate of drug-likeness (QED) is 0.284. The van der Waals surface area contributed by atoms with Gasteiger partial charge in [-0.25, -0.2) is 0 Å². The normalized spacial score (nSPS) is 10.1. The molecule has 140 valence electrons. The molecule has 0 bridgehead atoms. The van der Waals surface area contributed by atoms with Gasteiger partial charge in [-0.05, 0) is 56.9 Å². The van der Waals surface area contributed by atoms with Gasteiger partial charge in [0.25, 0.3) is 0 Å². The molecule has 2 nitrogen and oxygen atoms in total. The fourth-order valence-corrected chi connectivity index (χ4v) is 3.39. The summed E-state index contributed by atoms with van der Waals surface area (Å²) in [6, 6.07) is 32.4. The highest BCUT2D eigenvalue weighted by Gasteiger charge is 2.04. The topological polar surface area (TPSA) is 52.0 Å². The van der Waals surface area contributed by atoms with Crippen LogP contribution in [0.1, 0.15) is 0 Å². The molecule has 4 aromatic rings. The van der Waals surface area contributed by atoms with Crippen LogP contribution in [0.4, 0.5) is 11.4 Å². The second-order valence-corrected chi connectivity index (χ2v) is 7.97. The van der Waals surface area contributed by atoms with Gasteiger partial charge in [-0.3, -0.25) is 0 Å². The highest BCUT2D eigenvalue weighted by Crippen LogP contribution is 2.30. The van der Waals surface area contributed by atoms with Crippen LogP contribution in [0, 0.1) is 0 Å². The predicted molar refractivity (Wildman–Crippen MR) is 128 cm³/mol. The summed E-state index contributed by atoms with van der Waals surface area (Å²) < 4.78 is 1.94. The number of anilines is 2. The SMILES string of the molecule is Nc1cc(-c2ccccc2)ccc1-c1ccccc1.Nc1cc(Br)ccc1Br. The van der Waals surface area contributed by atoms with Crippen molar-refractivity contribution in [1.29, 1.82) is 0 Å². The fourth-order valence-electron chi connectivity index (χ4n) is 2.77. The molecule has 0 amide bonds. The summed E-state index contributed by atoms with van der Waals surface area (Å²) >= 11 is 6.58. The molecule has 28 heavy (non-hydrogen) atoms. The number of benzene rings is 4. The summed E-state index contributed by atoms with van der Waals surface area (Å²) in [6.45, 7) is 0. The summed E-state index contributed by atoms with van der Waals surface area (Å²) in [5.41, 5.74) is 17.9. The van der Waals surface area contributed by atoms with E-state index in [1.807, 2.05) is 60.7 Å². The molecule has 0 aliphatic carbocycles. The maximum Gasteiger partial charge on any atom is 0.0469 e. The summed E-state index contributed by atoms with van der Waals surface area (Å²) in [4.78, 5) is 0. The Bertz CT molecular complexity index is 1050. The minimum Gasteiger partial charge on any atom is -0.398 e. The lowest BCUT2D eigenvalue weighted by Crippen LogP contribution is -1.91. The Balaban J connectivity index is 0.000000211. The van der Waals surface area contributed by atoms with E-state index in [2.05, 4.69) is 68.3 Å². The molecule has 0 saturated carbocycles. The molecule has 0 fully saturated rings. The van der Waals surface area contributed by atoms with Crippen molar-refractivity contribution in [3.63, 3.8) is 0 Å². The Morgan fingerprint density at radius 2 is 1.11 bits per heavy atom. The maximum absolute atomic E-state index is 6.19. The molecule has 4 aromatic carbocycles. The van der Waals surface area contributed by atoms with Crippen molar-refractivity contribution >= 4 is 43.2 Å². The van der Waals surface area contributed by atoms with Crippen molar-refractivity contribution < 1.29 is 0 Å². The van der Waals surface area contributed by atoms with Gasteiger partial charge in [-0.1, -0.05) is 88.7 Å². The van der Waals surface area contributed by atoms with E-state index in [0.29, 0.717) is 0 Å². The van der Waals surface area contributed by atoms with Gasteiger partial charge in [0, 0.05) is 25.9 Å². The molecule has 0 aliphatic rings. The summed E-state index contributed by atoms with van der Waals surface area (Å²) in [6.07, 6.45) is 0. The van der Waals surface area contributed by atoms with Crippen molar-refractivity contribution in [1.82, 2.24) is 0 Å². The Labute approximate surface area is 182 Å². The number of hydrogen-bond donors (Lipinski definition) is 2. The van der Waals surface area contributed by atoms with Crippen LogP contribution in [0.2, 0.25) is 0 Å². The Kier molecular flexibility index (Phi) is 6.90. The number of halogens is 2. The van der Waals surface area contributed by atoms with Crippen molar-refractivity contribution in [3.8, 4) is 22.3 Å². The molecule has 0 radical (unpaired) electrons. The largest absolute Gasteiger partial charge is 0.398 e. The van der Waals surface area contributed by atoms with Gasteiger partial charge in [0.15, 0.2) is 0 Å². The number of rotatable bonds is 2. The predicted octanol–water partition coefficient (Wildman–Crippen LogP) is 7.40. The molecule has 0 aliphatic heterocycles. The molecule has 0 heterocycles. The molecule has 0 spiro atoms. The van der Waals surface area contributed by atoms with Crippen LogP contribution in [0.5, 0.6) is 0 Å². The van der Waals surface area contributed by atoms with E-state index in [1.165, 1.54) is 5.56 Å². The third kappa shape index (κ3) is 5.24. The lowest BCUT2D eigenvalue weighted by molar-refractivity contribution is 1.58.